The fourth-order valence-electron chi connectivity index (χ4n) is 3.05. The SMILES string of the molecule is Fc1ccc2nc(NCC3CCCCC3CCl)[nH]c2c1. The third-order valence-corrected chi connectivity index (χ3v) is 4.64. The second-order valence-corrected chi connectivity index (χ2v) is 5.90. The Morgan fingerprint density at radius 2 is 2.10 bits per heavy atom. The number of fused-ring (bicyclic) bond motifs is 1. The summed E-state index contributed by atoms with van der Waals surface area (Å²) < 4.78 is 13.1. The summed E-state index contributed by atoms with van der Waals surface area (Å²) in [4.78, 5) is 7.54. The number of aromatic amines is 1. The zero-order chi connectivity index (χ0) is 13.9. The average molecular weight is 296 g/mol. The second-order valence-electron chi connectivity index (χ2n) is 5.59. The zero-order valence-corrected chi connectivity index (χ0v) is 12.1. The molecule has 0 spiro atoms. The first kappa shape index (κ1) is 13.7. The molecule has 1 aliphatic carbocycles. The van der Waals surface area contributed by atoms with Crippen LogP contribution in [0.2, 0.25) is 0 Å². The zero-order valence-electron chi connectivity index (χ0n) is 11.3. The molecule has 108 valence electrons. The number of H-pyrrole nitrogens is 1. The van der Waals surface area contributed by atoms with Crippen molar-refractivity contribution in [3.8, 4) is 0 Å². The first-order chi connectivity index (χ1) is 9.76. The third-order valence-electron chi connectivity index (χ3n) is 4.24. The minimum Gasteiger partial charge on any atom is -0.356 e. The average Bonchev–Trinajstić information content (AvgIpc) is 2.87. The van der Waals surface area contributed by atoms with E-state index in [2.05, 4.69) is 15.3 Å². The minimum atomic E-state index is -0.248. The summed E-state index contributed by atoms with van der Waals surface area (Å²) in [5, 5.41) is 3.34. The lowest BCUT2D eigenvalue weighted by Crippen LogP contribution is -2.27. The molecule has 0 saturated heterocycles. The number of imidazole rings is 1. The van der Waals surface area contributed by atoms with Gasteiger partial charge in [-0.1, -0.05) is 12.8 Å². The highest BCUT2D eigenvalue weighted by atomic mass is 35.5. The quantitative estimate of drug-likeness (QED) is 0.832. The standard InChI is InChI=1S/C15H19ClFN3/c16-8-10-3-1-2-4-11(10)9-18-15-19-13-6-5-12(17)7-14(13)20-15/h5-7,10-11H,1-4,8-9H2,(H2,18,19,20). The summed E-state index contributed by atoms with van der Waals surface area (Å²) in [6.45, 7) is 0.875. The maximum atomic E-state index is 13.1. The second kappa shape index (κ2) is 6.00. The monoisotopic (exact) mass is 295 g/mol. The number of alkyl halides is 1. The van der Waals surface area contributed by atoms with E-state index in [0.717, 1.165) is 23.5 Å². The van der Waals surface area contributed by atoms with Crippen LogP contribution in [0.5, 0.6) is 0 Å². The Morgan fingerprint density at radius 3 is 2.90 bits per heavy atom. The van der Waals surface area contributed by atoms with Crippen molar-refractivity contribution in [1.29, 1.82) is 0 Å². The van der Waals surface area contributed by atoms with Gasteiger partial charge in [0.05, 0.1) is 11.0 Å². The van der Waals surface area contributed by atoms with E-state index < -0.39 is 0 Å². The molecule has 1 aliphatic rings. The summed E-state index contributed by atoms with van der Waals surface area (Å²) in [5.74, 6) is 2.40. The highest BCUT2D eigenvalue weighted by Gasteiger charge is 2.24. The van der Waals surface area contributed by atoms with E-state index in [1.165, 1.54) is 37.8 Å². The van der Waals surface area contributed by atoms with Crippen LogP contribution in [0.4, 0.5) is 10.3 Å². The largest absolute Gasteiger partial charge is 0.356 e. The molecule has 20 heavy (non-hydrogen) atoms. The molecule has 0 bridgehead atoms. The van der Waals surface area contributed by atoms with Crippen molar-refractivity contribution in [3.05, 3.63) is 24.0 Å². The molecule has 3 rings (SSSR count). The molecule has 0 amide bonds. The molecule has 2 aromatic rings. The van der Waals surface area contributed by atoms with Gasteiger partial charge in [-0.05, 0) is 42.9 Å². The molecule has 1 saturated carbocycles. The van der Waals surface area contributed by atoms with Crippen LogP contribution in [0.1, 0.15) is 25.7 Å². The Morgan fingerprint density at radius 1 is 1.30 bits per heavy atom. The number of rotatable bonds is 4. The molecule has 0 radical (unpaired) electrons. The van der Waals surface area contributed by atoms with Crippen molar-refractivity contribution in [3.63, 3.8) is 0 Å². The van der Waals surface area contributed by atoms with Gasteiger partial charge in [-0.2, -0.15) is 0 Å². The van der Waals surface area contributed by atoms with E-state index in [4.69, 9.17) is 11.6 Å². The topological polar surface area (TPSA) is 40.7 Å². The van der Waals surface area contributed by atoms with E-state index in [1.807, 2.05) is 0 Å². The first-order valence-corrected chi connectivity index (χ1v) is 7.75. The smallest absolute Gasteiger partial charge is 0.201 e. The molecule has 2 N–H and O–H groups in total. The van der Waals surface area contributed by atoms with Crippen molar-refractivity contribution in [1.82, 2.24) is 9.97 Å². The summed E-state index contributed by atoms with van der Waals surface area (Å²) >= 11 is 6.05. The number of halogens is 2. The Hall–Kier alpha value is -1.29. The van der Waals surface area contributed by atoms with Gasteiger partial charge in [0.15, 0.2) is 0 Å². The van der Waals surface area contributed by atoms with Crippen molar-refractivity contribution >= 4 is 28.6 Å². The van der Waals surface area contributed by atoms with Crippen molar-refractivity contribution < 1.29 is 4.39 Å². The Bertz CT molecular complexity index is 584. The van der Waals surface area contributed by atoms with E-state index >= 15 is 0 Å². The van der Waals surface area contributed by atoms with Crippen LogP contribution in [0.3, 0.4) is 0 Å². The van der Waals surface area contributed by atoms with Crippen LogP contribution in [0.25, 0.3) is 11.0 Å². The van der Waals surface area contributed by atoms with Crippen LogP contribution in [0, 0.1) is 17.7 Å². The molecule has 3 nitrogen and oxygen atoms in total. The van der Waals surface area contributed by atoms with Gasteiger partial charge in [0.2, 0.25) is 5.95 Å². The van der Waals surface area contributed by atoms with Gasteiger partial charge < -0.3 is 10.3 Å². The molecular weight excluding hydrogens is 277 g/mol. The van der Waals surface area contributed by atoms with Crippen LogP contribution in [-0.4, -0.2) is 22.4 Å². The fourth-order valence-corrected chi connectivity index (χ4v) is 3.46. The number of nitrogens with zero attached hydrogens (tertiary/aromatic N) is 1. The Labute approximate surface area is 122 Å². The van der Waals surface area contributed by atoms with E-state index in [1.54, 1.807) is 6.07 Å². The van der Waals surface area contributed by atoms with E-state index in [-0.39, 0.29) is 5.82 Å². The molecule has 2 unspecified atom stereocenters. The van der Waals surface area contributed by atoms with Gasteiger partial charge in [-0.3, -0.25) is 0 Å². The predicted octanol–water partition coefficient (Wildman–Crippen LogP) is 4.16. The number of nitrogens with one attached hydrogen (secondary N) is 2. The molecule has 1 aromatic carbocycles. The van der Waals surface area contributed by atoms with Crippen LogP contribution < -0.4 is 5.32 Å². The van der Waals surface area contributed by atoms with Gasteiger partial charge in [-0.15, -0.1) is 11.6 Å². The van der Waals surface area contributed by atoms with Gasteiger partial charge in [0, 0.05) is 12.4 Å². The lowest BCUT2D eigenvalue weighted by molar-refractivity contribution is 0.271. The van der Waals surface area contributed by atoms with Crippen molar-refractivity contribution in [2.45, 2.75) is 25.7 Å². The maximum absolute atomic E-state index is 13.1. The minimum absolute atomic E-state index is 0.248. The Kier molecular flexibility index (Phi) is 4.10. The molecule has 1 aromatic heterocycles. The third kappa shape index (κ3) is 2.90. The predicted molar refractivity (Wildman–Crippen MR) is 80.7 cm³/mol. The lowest BCUT2D eigenvalue weighted by Gasteiger charge is -2.30. The van der Waals surface area contributed by atoms with Gasteiger partial charge in [-0.25, -0.2) is 9.37 Å². The summed E-state index contributed by atoms with van der Waals surface area (Å²) in [5.41, 5.74) is 1.51. The van der Waals surface area contributed by atoms with E-state index in [9.17, 15) is 4.39 Å². The molecular formula is C15H19ClFN3. The Balaban J connectivity index is 1.67. The molecule has 0 aliphatic heterocycles. The summed E-state index contributed by atoms with van der Waals surface area (Å²) in [6.07, 6.45) is 5.02. The first-order valence-electron chi connectivity index (χ1n) is 7.21. The van der Waals surface area contributed by atoms with Crippen molar-refractivity contribution in [2.24, 2.45) is 11.8 Å². The number of hydrogen-bond donors (Lipinski definition) is 2. The van der Waals surface area contributed by atoms with E-state index in [0.29, 0.717) is 17.8 Å². The lowest BCUT2D eigenvalue weighted by atomic mass is 9.80. The van der Waals surface area contributed by atoms with Gasteiger partial charge in [0.1, 0.15) is 5.82 Å². The van der Waals surface area contributed by atoms with Crippen molar-refractivity contribution in [2.75, 3.05) is 17.7 Å². The van der Waals surface area contributed by atoms with Crippen LogP contribution in [-0.2, 0) is 0 Å². The van der Waals surface area contributed by atoms with Gasteiger partial charge in [0.25, 0.3) is 0 Å². The number of anilines is 1. The summed E-state index contributed by atoms with van der Waals surface area (Å²) in [6, 6.07) is 4.59. The highest BCUT2D eigenvalue weighted by molar-refractivity contribution is 6.18. The molecule has 1 heterocycles. The highest BCUT2D eigenvalue weighted by Crippen LogP contribution is 2.31. The van der Waals surface area contributed by atoms with Gasteiger partial charge >= 0.3 is 0 Å². The number of benzene rings is 1. The molecule has 1 fully saturated rings. The maximum Gasteiger partial charge on any atom is 0.201 e. The van der Waals surface area contributed by atoms with Crippen LogP contribution in [0.15, 0.2) is 18.2 Å². The fraction of sp³-hybridized carbons (Fsp3) is 0.533. The number of hydrogen-bond acceptors (Lipinski definition) is 2. The van der Waals surface area contributed by atoms with Crippen LogP contribution >= 0.6 is 11.6 Å². The molecule has 5 heteroatoms. The summed E-state index contributed by atoms with van der Waals surface area (Å²) in [7, 11) is 0. The molecule has 2 atom stereocenters. The number of aromatic nitrogens is 2. The normalized spacial score (nSPS) is 23.1.